The van der Waals surface area contributed by atoms with Gasteiger partial charge in [0.25, 0.3) is 0 Å². The summed E-state index contributed by atoms with van der Waals surface area (Å²) in [6.07, 6.45) is 8.48. The lowest BCUT2D eigenvalue weighted by Crippen LogP contribution is -2.34. The minimum Gasteiger partial charge on any atom is -0.303 e. The normalized spacial score (nSPS) is 18.1. The molecule has 0 atom stereocenters. The number of nitriles is 1. The lowest BCUT2D eigenvalue weighted by molar-refractivity contribution is 0.176. The van der Waals surface area contributed by atoms with E-state index in [-0.39, 0.29) is 0 Å². The van der Waals surface area contributed by atoms with Crippen LogP contribution in [0, 0.1) is 17.8 Å². The minimum absolute atomic E-state index is 1.04. The van der Waals surface area contributed by atoms with E-state index in [0.717, 1.165) is 5.92 Å². The van der Waals surface area contributed by atoms with E-state index < -0.39 is 0 Å². The van der Waals surface area contributed by atoms with Crippen LogP contribution < -0.4 is 0 Å². The van der Waals surface area contributed by atoms with E-state index in [1.807, 2.05) is 0 Å². The summed E-state index contributed by atoms with van der Waals surface area (Å²) < 4.78 is 0. The van der Waals surface area contributed by atoms with Crippen molar-refractivity contribution in [1.82, 2.24) is 4.90 Å². The van der Waals surface area contributed by atoms with Gasteiger partial charge in [-0.25, -0.2) is 5.26 Å². The summed E-state index contributed by atoms with van der Waals surface area (Å²) in [5.74, 6) is 1.04. The number of rotatable bonds is 5. The van der Waals surface area contributed by atoms with Crippen molar-refractivity contribution in [2.24, 2.45) is 5.92 Å². The van der Waals surface area contributed by atoms with Crippen molar-refractivity contribution in [2.75, 3.05) is 19.6 Å². The summed E-state index contributed by atoms with van der Waals surface area (Å²) in [6, 6.07) is 0. The van der Waals surface area contributed by atoms with E-state index >= 15 is 0 Å². The van der Waals surface area contributed by atoms with E-state index in [1.54, 1.807) is 0 Å². The fraction of sp³-hybridized carbons (Fsp3) is 0.923. The van der Waals surface area contributed by atoms with Gasteiger partial charge in [-0.15, -0.1) is 0 Å². The molecule has 1 aliphatic heterocycles. The van der Waals surface area contributed by atoms with E-state index in [9.17, 15) is 0 Å². The maximum absolute atomic E-state index is 6.50. The first-order valence-electron chi connectivity index (χ1n) is 6.35. The summed E-state index contributed by atoms with van der Waals surface area (Å²) in [5.41, 5.74) is 0. The molecular formula is C13H26N2. The molecule has 0 amide bonds. The maximum atomic E-state index is 6.50. The largest absolute Gasteiger partial charge is 0.303 e. The predicted molar refractivity (Wildman–Crippen MR) is 65.7 cm³/mol. The Morgan fingerprint density at radius 3 is 2.20 bits per heavy atom. The minimum atomic E-state index is 1.04. The van der Waals surface area contributed by atoms with Gasteiger partial charge < -0.3 is 4.90 Å². The Hall–Kier alpha value is -0.550. The molecule has 0 aliphatic carbocycles. The predicted octanol–water partition coefficient (Wildman–Crippen LogP) is 3.44. The molecule has 0 spiro atoms. The van der Waals surface area contributed by atoms with Crippen LogP contribution in [0.15, 0.2) is 0 Å². The average molecular weight is 210 g/mol. The van der Waals surface area contributed by atoms with Crippen molar-refractivity contribution in [3.8, 4) is 6.57 Å². The zero-order valence-corrected chi connectivity index (χ0v) is 10.4. The Balaban J connectivity index is 0.000000921. The maximum Gasteiger partial charge on any atom is 0.0462 e. The first-order valence-corrected chi connectivity index (χ1v) is 6.35. The molecule has 0 saturated carbocycles. The topological polar surface area (TPSA) is 27.0 Å². The molecule has 0 unspecified atom stereocenters. The first-order chi connectivity index (χ1) is 7.36. The summed E-state index contributed by atoms with van der Waals surface area (Å²) in [6.45, 7) is 12.2. The van der Waals surface area contributed by atoms with E-state index in [2.05, 4.69) is 25.3 Å². The molecule has 1 saturated heterocycles. The molecule has 0 aromatic heterocycles. The highest BCUT2D eigenvalue weighted by molar-refractivity contribution is 4.71. The van der Waals surface area contributed by atoms with Crippen LogP contribution in [0.4, 0.5) is 0 Å². The summed E-state index contributed by atoms with van der Waals surface area (Å²) in [5, 5.41) is 6.50. The molecule has 1 rings (SSSR count). The van der Waals surface area contributed by atoms with Crippen molar-refractivity contribution in [1.29, 1.82) is 5.26 Å². The van der Waals surface area contributed by atoms with Gasteiger partial charge in [-0.2, -0.15) is 0 Å². The molecule has 0 aromatic rings. The van der Waals surface area contributed by atoms with E-state index in [1.165, 1.54) is 58.2 Å². The smallest absolute Gasteiger partial charge is 0.0462 e. The number of hydrogen-bond donors (Lipinski definition) is 0. The Bertz CT molecular complexity index is 146. The molecule has 15 heavy (non-hydrogen) atoms. The van der Waals surface area contributed by atoms with Gasteiger partial charge in [-0.05, 0) is 44.8 Å². The summed E-state index contributed by atoms with van der Waals surface area (Å²) in [4.78, 5) is 2.65. The van der Waals surface area contributed by atoms with Gasteiger partial charge >= 0.3 is 0 Å². The number of unbranched alkanes of at least 4 members (excludes halogenated alkanes) is 1. The van der Waals surface area contributed by atoms with Gasteiger partial charge in [0.1, 0.15) is 0 Å². The molecule has 0 radical (unpaired) electrons. The SMILES string of the molecule is C#N.CCCCN1CCC(CCC)CC1. The molecular weight excluding hydrogens is 184 g/mol. The Morgan fingerprint density at radius 1 is 1.13 bits per heavy atom. The molecule has 2 heteroatoms. The highest BCUT2D eigenvalue weighted by Crippen LogP contribution is 2.21. The third-order valence-corrected chi connectivity index (χ3v) is 3.23. The number of hydrogen-bond acceptors (Lipinski definition) is 2. The molecule has 1 fully saturated rings. The molecule has 1 heterocycles. The van der Waals surface area contributed by atoms with Gasteiger partial charge in [0.2, 0.25) is 0 Å². The monoisotopic (exact) mass is 210 g/mol. The van der Waals surface area contributed by atoms with Crippen LogP contribution in [0.5, 0.6) is 0 Å². The summed E-state index contributed by atoms with van der Waals surface area (Å²) >= 11 is 0. The number of piperidine rings is 1. The summed E-state index contributed by atoms with van der Waals surface area (Å²) in [7, 11) is 0. The van der Waals surface area contributed by atoms with Crippen LogP contribution in [-0.2, 0) is 0 Å². The zero-order chi connectivity index (χ0) is 11.5. The lowest BCUT2D eigenvalue weighted by Gasteiger charge is -2.31. The third kappa shape index (κ3) is 6.52. The second kappa shape index (κ2) is 9.98. The average Bonchev–Trinajstić information content (AvgIpc) is 2.31. The highest BCUT2D eigenvalue weighted by atomic mass is 15.1. The number of likely N-dealkylation sites (tertiary alicyclic amines) is 1. The van der Waals surface area contributed by atoms with Crippen LogP contribution in [0.3, 0.4) is 0 Å². The van der Waals surface area contributed by atoms with Crippen molar-refractivity contribution in [2.45, 2.75) is 52.4 Å². The van der Waals surface area contributed by atoms with Crippen molar-refractivity contribution in [3.05, 3.63) is 0 Å². The standard InChI is InChI=1S/C12H25N.CHN/c1-3-5-9-13-10-7-12(6-4-2)8-11-13;1-2/h12H,3-11H2,1-2H3;1H. The second-order valence-electron chi connectivity index (χ2n) is 4.43. The van der Waals surface area contributed by atoms with Crippen molar-refractivity contribution in [3.63, 3.8) is 0 Å². The van der Waals surface area contributed by atoms with Gasteiger partial charge in [0.05, 0.1) is 0 Å². The fourth-order valence-electron chi connectivity index (χ4n) is 2.29. The van der Waals surface area contributed by atoms with Crippen molar-refractivity contribution < 1.29 is 0 Å². The van der Waals surface area contributed by atoms with Gasteiger partial charge in [0.15, 0.2) is 0 Å². The molecule has 1 aliphatic rings. The Morgan fingerprint density at radius 2 is 1.73 bits per heavy atom. The fourth-order valence-corrected chi connectivity index (χ4v) is 2.29. The molecule has 0 aromatic carbocycles. The van der Waals surface area contributed by atoms with E-state index in [0.29, 0.717) is 0 Å². The van der Waals surface area contributed by atoms with Gasteiger partial charge in [0, 0.05) is 6.57 Å². The van der Waals surface area contributed by atoms with Crippen LogP contribution in [0.1, 0.15) is 52.4 Å². The first kappa shape index (κ1) is 14.5. The molecule has 0 bridgehead atoms. The zero-order valence-electron chi connectivity index (χ0n) is 10.4. The lowest BCUT2D eigenvalue weighted by atomic mass is 9.92. The van der Waals surface area contributed by atoms with Crippen LogP contribution in [-0.4, -0.2) is 24.5 Å². The van der Waals surface area contributed by atoms with Crippen molar-refractivity contribution >= 4 is 0 Å². The van der Waals surface area contributed by atoms with Crippen LogP contribution >= 0.6 is 0 Å². The number of nitrogens with zero attached hydrogens (tertiary/aromatic N) is 2. The Kier molecular flexibility index (Phi) is 9.62. The Labute approximate surface area is 95.3 Å². The van der Waals surface area contributed by atoms with E-state index in [4.69, 9.17) is 5.26 Å². The quantitative estimate of drug-likeness (QED) is 0.695. The molecule has 88 valence electrons. The molecule has 0 N–H and O–H groups in total. The van der Waals surface area contributed by atoms with Gasteiger partial charge in [-0.3, -0.25) is 0 Å². The van der Waals surface area contributed by atoms with Crippen LogP contribution in [0.2, 0.25) is 0 Å². The van der Waals surface area contributed by atoms with Crippen LogP contribution in [0.25, 0.3) is 0 Å². The third-order valence-electron chi connectivity index (χ3n) is 3.23. The van der Waals surface area contributed by atoms with Gasteiger partial charge in [-0.1, -0.05) is 33.1 Å². The second-order valence-corrected chi connectivity index (χ2v) is 4.43. The highest BCUT2D eigenvalue weighted by Gasteiger charge is 2.17. The molecule has 2 nitrogen and oxygen atoms in total.